The van der Waals surface area contributed by atoms with Crippen molar-refractivity contribution in [1.82, 2.24) is 19.4 Å². The number of likely N-dealkylation sites (tertiary alicyclic amines) is 1. The summed E-state index contributed by atoms with van der Waals surface area (Å²) in [5, 5.41) is 5.53. The molecule has 0 unspecified atom stereocenters. The van der Waals surface area contributed by atoms with Gasteiger partial charge in [0.15, 0.2) is 5.78 Å². The Bertz CT molecular complexity index is 1350. The number of hydrogen-bond acceptors (Lipinski definition) is 6. The molecule has 2 bridgehead atoms. The molecular formula is C25H24N6O4. The SMILES string of the molecule is CC(=O)c1ccc(NC(=O)N2C[C@@H]3C[C@H](C2)c2ccc(NC(=O)c4cnccn4)c(=O)n2C3)cc1. The first kappa shape index (κ1) is 22.5. The molecule has 3 amide bonds. The van der Waals surface area contributed by atoms with E-state index in [0.717, 1.165) is 12.1 Å². The highest BCUT2D eigenvalue weighted by Gasteiger charge is 2.36. The van der Waals surface area contributed by atoms with Crippen molar-refractivity contribution in [3.8, 4) is 0 Å². The average molecular weight is 473 g/mol. The van der Waals surface area contributed by atoms with E-state index in [1.54, 1.807) is 39.8 Å². The summed E-state index contributed by atoms with van der Waals surface area (Å²) in [5.41, 5.74) is 2.11. The topological polar surface area (TPSA) is 126 Å². The van der Waals surface area contributed by atoms with Crippen molar-refractivity contribution in [3.05, 3.63) is 82.3 Å². The van der Waals surface area contributed by atoms with Gasteiger partial charge in [0, 0.05) is 54.9 Å². The number of carbonyl (C=O) groups excluding carboxylic acids is 3. The van der Waals surface area contributed by atoms with E-state index in [9.17, 15) is 19.2 Å². The van der Waals surface area contributed by atoms with Gasteiger partial charge in [0.2, 0.25) is 0 Å². The molecule has 2 aromatic heterocycles. The van der Waals surface area contributed by atoms with Crippen molar-refractivity contribution >= 4 is 29.1 Å². The number of carbonyl (C=O) groups is 3. The molecule has 1 saturated heterocycles. The van der Waals surface area contributed by atoms with Crippen LogP contribution in [0.4, 0.5) is 16.2 Å². The molecule has 0 radical (unpaired) electrons. The first-order valence-electron chi connectivity index (χ1n) is 11.4. The number of pyridine rings is 1. The van der Waals surface area contributed by atoms with E-state index < -0.39 is 5.91 Å². The molecular weight excluding hydrogens is 448 g/mol. The summed E-state index contributed by atoms with van der Waals surface area (Å²) in [7, 11) is 0. The molecule has 10 nitrogen and oxygen atoms in total. The maximum atomic E-state index is 13.1. The fraction of sp³-hybridized carbons (Fsp3) is 0.280. The number of Topliss-reactive ketones (excluding diaryl/α,β-unsaturated/α-hetero) is 1. The second-order valence-corrected chi connectivity index (χ2v) is 8.90. The number of nitrogens with zero attached hydrogens (tertiary/aromatic N) is 4. The van der Waals surface area contributed by atoms with Crippen molar-refractivity contribution in [1.29, 1.82) is 0 Å². The number of aromatic nitrogens is 3. The quantitative estimate of drug-likeness (QED) is 0.563. The third kappa shape index (κ3) is 4.54. The van der Waals surface area contributed by atoms with Crippen LogP contribution in [0.5, 0.6) is 0 Å². The van der Waals surface area contributed by atoms with Crippen molar-refractivity contribution in [2.24, 2.45) is 5.92 Å². The molecule has 1 aromatic carbocycles. The molecule has 10 heteroatoms. The van der Waals surface area contributed by atoms with Gasteiger partial charge < -0.3 is 20.1 Å². The van der Waals surface area contributed by atoms with Crippen molar-refractivity contribution < 1.29 is 14.4 Å². The molecule has 4 heterocycles. The van der Waals surface area contributed by atoms with E-state index in [2.05, 4.69) is 20.6 Å². The molecule has 178 valence electrons. The van der Waals surface area contributed by atoms with Crippen LogP contribution in [-0.4, -0.2) is 50.2 Å². The largest absolute Gasteiger partial charge is 0.324 e. The number of benzene rings is 1. The first-order valence-corrected chi connectivity index (χ1v) is 11.4. The number of piperidine rings is 1. The van der Waals surface area contributed by atoms with E-state index in [-0.39, 0.29) is 40.6 Å². The van der Waals surface area contributed by atoms with Gasteiger partial charge in [-0.25, -0.2) is 9.78 Å². The predicted molar refractivity (Wildman–Crippen MR) is 129 cm³/mol. The molecule has 0 spiro atoms. The smallest absolute Gasteiger partial charge is 0.321 e. The van der Waals surface area contributed by atoms with Gasteiger partial charge in [-0.2, -0.15) is 0 Å². The lowest BCUT2D eigenvalue weighted by Gasteiger charge is -2.42. The summed E-state index contributed by atoms with van der Waals surface area (Å²) in [4.78, 5) is 59.6. The second-order valence-electron chi connectivity index (χ2n) is 8.90. The van der Waals surface area contributed by atoms with Crippen LogP contribution in [0, 0.1) is 5.92 Å². The Hall–Kier alpha value is -4.34. The number of nitrogens with one attached hydrogen (secondary N) is 2. The maximum absolute atomic E-state index is 13.1. The van der Waals surface area contributed by atoms with Crippen LogP contribution in [0.15, 0.2) is 59.8 Å². The molecule has 2 N–H and O–H groups in total. The Kier molecular flexibility index (Phi) is 5.86. The monoisotopic (exact) mass is 472 g/mol. The van der Waals surface area contributed by atoms with E-state index in [0.29, 0.717) is 30.9 Å². The highest BCUT2D eigenvalue weighted by atomic mass is 16.2. The zero-order chi connectivity index (χ0) is 24.5. The van der Waals surface area contributed by atoms with Gasteiger partial charge in [-0.1, -0.05) is 0 Å². The van der Waals surface area contributed by atoms with Gasteiger partial charge in [-0.15, -0.1) is 0 Å². The normalized spacial score (nSPS) is 18.4. The number of rotatable bonds is 4. The lowest BCUT2D eigenvalue weighted by atomic mass is 9.83. The minimum absolute atomic E-state index is 0.0192. The summed E-state index contributed by atoms with van der Waals surface area (Å²) < 4.78 is 1.71. The molecule has 2 aliphatic heterocycles. The van der Waals surface area contributed by atoms with E-state index in [4.69, 9.17) is 0 Å². The van der Waals surface area contributed by atoms with Crippen LogP contribution in [-0.2, 0) is 6.54 Å². The van der Waals surface area contributed by atoms with Crippen molar-refractivity contribution in [3.63, 3.8) is 0 Å². The third-order valence-electron chi connectivity index (χ3n) is 6.48. The number of fused-ring (bicyclic) bond motifs is 4. The third-order valence-corrected chi connectivity index (χ3v) is 6.48. The lowest BCUT2D eigenvalue weighted by Crippen LogP contribution is -2.50. The summed E-state index contributed by atoms with van der Waals surface area (Å²) >= 11 is 0. The van der Waals surface area contributed by atoms with Crippen LogP contribution in [0.25, 0.3) is 0 Å². The number of urea groups is 1. The van der Waals surface area contributed by atoms with Crippen LogP contribution < -0.4 is 16.2 Å². The number of amides is 3. The van der Waals surface area contributed by atoms with E-state index in [1.807, 2.05) is 6.07 Å². The number of ketones is 1. The van der Waals surface area contributed by atoms with Crippen molar-refractivity contribution in [2.45, 2.75) is 25.8 Å². The molecule has 0 aliphatic carbocycles. The fourth-order valence-electron chi connectivity index (χ4n) is 4.80. The van der Waals surface area contributed by atoms with Crippen molar-refractivity contribution in [2.75, 3.05) is 23.7 Å². The molecule has 5 rings (SSSR count). The molecule has 1 fully saturated rings. The minimum atomic E-state index is -0.495. The van der Waals surface area contributed by atoms with Gasteiger partial charge >= 0.3 is 6.03 Å². The molecule has 3 aromatic rings. The fourth-order valence-corrected chi connectivity index (χ4v) is 4.80. The Morgan fingerprint density at radius 3 is 2.49 bits per heavy atom. The summed E-state index contributed by atoms with van der Waals surface area (Å²) in [5.74, 6) is -0.385. The maximum Gasteiger partial charge on any atom is 0.321 e. The summed E-state index contributed by atoms with van der Waals surface area (Å²) in [6, 6.07) is 10.0. The van der Waals surface area contributed by atoms with Crippen LogP contribution >= 0.6 is 0 Å². The highest BCUT2D eigenvalue weighted by Crippen LogP contribution is 2.35. The molecule has 35 heavy (non-hydrogen) atoms. The highest BCUT2D eigenvalue weighted by molar-refractivity contribution is 6.02. The zero-order valence-electron chi connectivity index (χ0n) is 19.1. The first-order chi connectivity index (χ1) is 16.9. The Balaban J connectivity index is 1.30. The minimum Gasteiger partial charge on any atom is -0.324 e. The molecule has 0 saturated carbocycles. The molecule has 2 atom stereocenters. The van der Waals surface area contributed by atoms with E-state index >= 15 is 0 Å². The number of anilines is 2. The second kappa shape index (κ2) is 9.13. The van der Waals surface area contributed by atoms with Crippen LogP contribution in [0.1, 0.15) is 45.8 Å². The average Bonchev–Trinajstić information content (AvgIpc) is 2.86. The van der Waals surface area contributed by atoms with Gasteiger partial charge in [-0.05, 0) is 55.7 Å². The Morgan fingerprint density at radius 1 is 0.971 bits per heavy atom. The predicted octanol–water partition coefficient (Wildman–Crippen LogP) is 2.74. The van der Waals surface area contributed by atoms with Gasteiger partial charge in [-0.3, -0.25) is 19.4 Å². The lowest BCUT2D eigenvalue weighted by molar-refractivity contribution is 0.101. The van der Waals surface area contributed by atoms with E-state index in [1.165, 1.54) is 25.5 Å². The van der Waals surface area contributed by atoms with Gasteiger partial charge in [0.25, 0.3) is 11.5 Å². The molecule has 2 aliphatic rings. The van der Waals surface area contributed by atoms with Gasteiger partial charge in [0.1, 0.15) is 11.4 Å². The van der Waals surface area contributed by atoms with Gasteiger partial charge in [0.05, 0.1) is 6.20 Å². The van der Waals surface area contributed by atoms with Crippen LogP contribution in [0.2, 0.25) is 0 Å². The standard InChI is InChI=1S/C25H24N6O4/c1-15(32)17-2-4-19(5-3-17)28-25(35)30-12-16-10-18(14-30)22-7-6-20(24(34)31(22)13-16)29-23(33)21-11-26-8-9-27-21/h2-9,11,16,18H,10,12-14H2,1H3,(H,28,35)(H,29,33)/t16-,18+/m0/s1. The zero-order valence-corrected chi connectivity index (χ0v) is 19.1. The van der Waals surface area contributed by atoms with Crippen LogP contribution in [0.3, 0.4) is 0 Å². The Morgan fingerprint density at radius 2 is 1.77 bits per heavy atom. The summed E-state index contributed by atoms with van der Waals surface area (Å²) in [6.07, 6.45) is 5.12. The summed E-state index contributed by atoms with van der Waals surface area (Å²) in [6.45, 7) is 2.98. The Labute approximate surface area is 201 Å². The number of hydrogen-bond donors (Lipinski definition) is 2.